The Morgan fingerprint density at radius 1 is 0.909 bits per heavy atom. The number of rotatable bonds is 5. The predicted molar refractivity (Wildman–Crippen MR) is 119 cm³/mol. The molecule has 0 spiro atoms. The molecule has 1 aliphatic heterocycles. The van der Waals surface area contributed by atoms with E-state index in [0.29, 0.717) is 11.3 Å². The normalized spacial score (nSPS) is 15.5. The minimum atomic E-state index is -4.54. The van der Waals surface area contributed by atoms with E-state index in [1.165, 1.54) is 0 Å². The molecule has 3 aromatic rings. The average molecular weight is 478 g/mol. The van der Waals surface area contributed by atoms with Crippen molar-refractivity contribution in [1.82, 2.24) is 15.1 Å². The number of likely N-dealkylation sites (N-methyl/N-ethyl adjacent to an activating group) is 1. The maximum Gasteiger partial charge on any atom is 0.416 e. The van der Waals surface area contributed by atoms with Gasteiger partial charge >= 0.3 is 6.18 Å². The third kappa shape index (κ3) is 5.42. The fourth-order valence-electron chi connectivity index (χ4n) is 3.46. The van der Waals surface area contributed by atoms with E-state index in [1.54, 1.807) is 24.3 Å². The van der Waals surface area contributed by atoms with Crippen molar-refractivity contribution in [2.45, 2.75) is 11.1 Å². The fourth-order valence-corrected chi connectivity index (χ4v) is 4.51. The standard InChI is InChI=1S/C22H22F3N5O2S/c1-29-11-13-30(14-12-29)21-10-9-20(26-27-21)16-3-2-4-18(15-16)28-33(31,32)19-7-5-17(6-8-19)22(23,24)25/h2-10,15,28H,11-14H2,1H3. The molecule has 33 heavy (non-hydrogen) atoms. The minimum absolute atomic E-state index is 0.261. The highest BCUT2D eigenvalue weighted by atomic mass is 32.2. The van der Waals surface area contributed by atoms with Gasteiger partial charge in [0, 0.05) is 37.4 Å². The number of benzene rings is 2. The summed E-state index contributed by atoms with van der Waals surface area (Å²) in [6.07, 6.45) is -4.54. The van der Waals surface area contributed by atoms with Crippen LogP contribution in [0.25, 0.3) is 11.3 Å². The molecule has 2 heterocycles. The van der Waals surface area contributed by atoms with E-state index >= 15 is 0 Å². The summed E-state index contributed by atoms with van der Waals surface area (Å²) in [7, 11) is -1.99. The van der Waals surface area contributed by atoms with Crippen LogP contribution in [0.4, 0.5) is 24.7 Å². The van der Waals surface area contributed by atoms with Crippen LogP contribution >= 0.6 is 0 Å². The van der Waals surface area contributed by atoms with Crippen LogP contribution in [0.5, 0.6) is 0 Å². The number of nitrogens with zero attached hydrogens (tertiary/aromatic N) is 4. The Balaban J connectivity index is 1.49. The highest BCUT2D eigenvalue weighted by Gasteiger charge is 2.30. The van der Waals surface area contributed by atoms with E-state index in [9.17, 15) is 21.6 Å². The number of anilines is 2. The molecular formula is C22H22F3N5O2S. The van der Waals surface area contributed by atoms with Gasteiger partial charge in [-0.2, -0.15) is 13.2 Å². The number of hydrogen-bond acceptors (Lipinski definition) is 6. The molecule has 2 aromatic carbocycles. The van der Waals surface area contributed by atoms with Crippen LogP contribution in [0.1, 0.15) is 5.56 Å². The lowest BCUT2D eigenvalue weighted by atomic mass is 10.1. The lowest BCUT2D eigenvalue weighted by Gasteiger charge is -2.32. The average Bonchev–Trinajstić information content (AvgIpc) is 2.79. The van der Waals surface area contributed by atoms with Gasteiger partial charge in [0.25, 0.3) is 10.0 Å². The second kappa shape index (κ2) is 8.99. The van der Waals surface area contributed by atoms with Gasteiger partial charge in [0.05, 0.1) is 16.2 Å². The highest BCUT2D eigenvalue weighted by molar-refractivity contribution is 7.92. The van der Waals surface area contributed by atoms with Gasteiger partial charge in [-0.05, 0) is 55.6 Å². The van der Waals surface area contributed by atoms with Crippen molar-refractivity contribution in [2.24, 2.45) is 0 Å². The Hall–Kier alpha value is -3.18. The van der Waals surface area contributed by atoms with Crippen molar-refractivity contribution in [3.05, 3.63) is 66.2 Å². The number of piperazine rings is 1. The molecule has 1 aromatic heterocycles. The minimum Gasteiger partial charge on any atom is -0.353 e. The van der Waals surface area contributed by atoms with E-state index in [0.717, 1.165) is 56.3 Å². The molecule has 7 nitrogen and oxygen atoms in total. The van der Waals surface area contributed by atoms with Crippen LogP contribution in [-0.4, -0.2) is 56.7 Å². The number of hydrogen-bond donors (Lipinski definition) is 1. The van der Waals surface area contributed by atoms with Crippen LogP contribution in [0, 0.1) is 0 Å². The van der Waals surface area contributed by atoms with Crippen molar-refractivity contribution in [3.63, 3.8) is 0 Å². The van der Waals surface area contributed by atoms with Crippen LogP contribution in [0.15, 0.2) is 65.6 Å². The first-order valence-electron chi connectivity index (χ1n) is 10.2. The molecule has 0 amide bonds. The van der Waals surface area contributed by atoms with E-state index in [2.05, 4.69) is 31.8 Å². The third-order valence-corrected chi connectivity index (χ3v) is 6.78. The number of alkyl halides is 3. The first kappa shape index (κ1) is 23.0. The number of sulfonamides is 1. The molecule has 1 aliphatic rings. The summed E-state index contributed by atoms with van der Waals surface area (Å²) in [6, 6.07) is 13.6. The summed E-state index contributed by atoms with van der Waals surface area (Å²) in [5.74, 6) is 0.783. The number of halogens is 3. The van der Waals surface area contributed by atoms with Crippen molar-refractivity contribution in [1.29, 1.82) is 0 Å². The van der Waals surface area contributed by atoms with Crippen molar-refractivity contribution >= 4 is 21.5 Å². The molecule has 1 saturated heterocycles. The molecule has 0 aliphatic carbocycles. The Labute approximate surface area is 189 Å². The monoisotopic (exact) mass is 477 g/mol. The van der Waals surface area contributed by atoms with Crippen molar-refractivity contribution in [3.8, 4) is 11.3 Å². The van der Waals surface area contributed by atoms with Crippen LogP contribution < -0.4 is 9.62 Å². The van der Waals surface area contributed by atoms with Gasteiger partial charge in [-0.15, -0.1) is 10.2 Å². The smallest absolute Gasteiger partial charge is 0.353 e. The quantitative estimate of drug-likeness (QED) is 0.604. The zero-order chi connectivity index (χ0) is 23.6. The topological polar surface area (TPSA) is 78.4 Å². The number of nitrogens with one attached hydrogen (secondary N) is 1. The molecular weight excluding hydrogens is 455 g/mol. The molecule has 0 saturated carbocycles. The van der Waals surface area contributed by atoms with Crippen molar-refractivity contribution in [2.75, 3.05) is 42.8 Å². The van der Waals surface area contributed by atoms with Gasteiger partial charge in [0.2, 0.25) is 0 Å². The van der Waals surface area contributed by atoms with Gasteiger partial charge in [-0.25, -0.2) is 8.42 Å². The molecule has 0 unspecified atom stereocenters. The third-order valence-electron chi connectivity index (χ3n) is 5.38. The zero-order valence-corrected chi connectivity index (χ0v) is 18.6. The molecule has 1 N–H and O–H groups in total. The first-order valence-corrected chi connectivity index (χ1v) is 11.7. The maximum absolute atomic E-state index is 12.7. The van der Waals surface area contributed by atoms with Crippen LogP contribution in [0.3, 0.4) is 0 Å². The Kier molecular flexibility index (Phi) is 6.26. The van der Waals surface area contributed by atoms with Gasteiger partial charge < -0.3 is 9.80 Å². The van der Waals surface area contributed by atoms with E-state index in [-0.39, 0.29) is 10.6 Å². The van der Waals surface area contributed by atoms with Crippen molar-refractivity contribution < 1.29 is 21.6 Å². The molecule has 4 rings (SSSR count). The Morgan fingerprint density at radius 2 is 1.61 bits per heavy atom. The largest absolute Gasteiger partial charge is 0.416 e. The number of aromatic nitrogens is 2. The Morgan fingerprint density at radius 3 is 2.21 bits per heavy atom. The molecule has 0 atom stereocenters. The zero-order valence-electron chi connectivity index (χ0n) is 17.7. The summed E-state index contributed by atoms with van der Waals surface area (Å²) < 4.78 is 65.9. The maximum atomic E-state index is 12.7. The van der Waals surface area contributed by atoms with Gasteiger partial charge in [0.1, 0.15) is 0 Å². The summed E-state index contributed by atoms with van der Waals surface area (Å²) in [4.78, 5) is 4.14. The fraction of sp³-hybridized carbons (Fsp3) is 0.273. The van der Waals surface area contributed by atoms with Gasteiger partial charge in [-0.3, -0.25) is 4.72 Å². The van der Waals surface area contributed by atoms with Gasteiger partial charge in [0.15, 0.2) is 5.82 Å². The van der Waals surface area contributed by atoms with Gasteiger partial charge in [-0.1, -0.05) is 12.1 Å². The molecule has 11 heteroatoms. The summed E-state index contributed by atoms with van der Waals surface area (Å²) in [5.41, 5.74) is 0.572. The molecule has 0 radical (unpaired) electrons. The lowest BCUT2D eigenvalue weighted by Crippen LogP contribution is -2.44. The van der Waals surface area contributed by atoms with Crippen LogP contribution in [-0.2, 0) is 16.2 Å². The molecule has 0 bridgehead atoms. The summed E-state index contributed by atoms with van der Waals surface area (Å²) in [6.45, 7) is 3.63. The van der Waals surface area contributed by atoms with E-state index < -0.39 is 21.8 Å². The van der Waals surface area contributed by atoms with Crippen LogP contribution in [0.2, 0.25) is 0 Å². The molecule has 174 valence electrons. The first-order chi connectivity index (χ1) is 15.6. The second-order valence-corrected chi connectivity index (χ2v) is 9.46. The predicted octanol–water partition coefficient (Wildman–Crippen LogP) is 3.72. The second-order valence-electron chi connectivity index (χ2n) is 7.78. The highest BCUT2D eigenvalue weighted by Crippen LogP contribution is 2.30. The molecule has 1 fully saturated rings. The SMILES string of the molecule is CN1CCN(c2ccc(-c3cccc(NS(=O)(=O)c4ccc(C(F)(F)F)cc4)c3)nn2)CC1. The van der Waals surface area contributed by atoms with E-state index in [4.69, 9.17) is 0 Å². The summed E-state index contributed by atoms with van der Waals surface area (Å²) >= 11 is 0. The lowest BCUT2D eigenvalue weighted by molar-refractivity contribution is -0.137. The Bertz CT molecular complexity index is 1210. The van der Waals surface area contributed by atoms with E-state index in [1.807, 2.05) is 12.1 Å². The summed E-state index contributed by atoms with van der Waals surface area (Å²) in [5, 5.41) is 8.59.